The van der Waals surface area contributed by atoms with Crippen LogP contribution >= 0.6 is 23.1 Å². The fraction of sp³-hybridized carbons (Fsp3) is 0.462. The van der Waals surface area contributed by atoms with Gasteiger partial charge in [0, 0.05) is 34.8 Å². The first-order chi connectivity index (χ1) is 19.3. The van der Waals surface area contributed by atoms with Crippen molar-refractivity contribution in [2.45, 2.75) is 56.5 Å². The van der Waals surface area contributed by atoms with E-state index in [2.05, 4.69) is 34.8 Å². The third-order valence-corrected chi connectivity index (χ3v) is 9.63. The smallest absolute Gasteiger partial charge is 0.352 e. The Morgan fingerprint density at radius 3 is 2.68 bits per heavy atom. The van der Waals surface area contributed by atoms with Crippen LogP contribution in [0, 0.1) is 0 Å². The van der Waals surface area contributed by atoms with E-state index in [0.29, 0.717) is 22.4 Å². The predicted octanol–water partition coefficient (Wildman–Crippen LogP) is 1.85. The number of hydrogen-bond acceptors (Lipinski definition) is 10. The molecule has 1 aromatic rings. The van der Waals surface area contributed by atoms with Gasteiger partial charge in [-0.25, -0.2) is 14.6 Å². The van der Waals surface area contributed by atoms with Crippen LogP contribution in [-0.2, 0) is 24.0 Å². The molecule has 218 valence electrons. The number of quaternary nitrogens is 1. The molecular formula is C26H31N6O7S2+. The number of carboxylic acids is 2. The number of fused-ring (bicyclic) bond motifs is 1. The van der Waals surface area contributed by atoms with Crippen LogP contribution in [-0.4, -0.2) is 90.4 Å². The van der Waals surface area contributed by atoms with Gasteiger partial charge in [0.1, 0.15) is 41.2 Å². The minimum Gasteiger partial charge on any atom is -0.478 e. The largest absolute Gasteiger partial charge is 0.478 e. The zero-order chi connectivity index (χ0) is 29.7. The first-order valence-corrected chi connectivity index (χ1v) is 14.9. The third-order valence-electron chi connectivity index (χ3n) is 7.62. The first-order valence-electron chi connectivity index (χ1n) is 13.0. The van der Waals surface area contributed by atoms with E-state index in [0.717, 1.165) is 37.0 Å². The summed E-state index contributed by atoms with van der Waals surface area (Å²) in [5, 5.41) is 26.8. The summed E-state index contributed by atoms with van der Waals surface area (Å²) in [7, 11) is 2.06. The van der Waals surface area contributed by atoms with Crippen molar-refractivity contribution in [2.24, 2.45) is 5.16 Å². The highest BCUT2D eigenvalue weighted by molar-refractivity contribution is 8.00. The highest BCUT2D eigenvalue weighted by Gasteiger charge is 2.55. The molecule has 1 fully saturated rings. The van der Waals surface area contributed by atoms with Crippen molar-refractivity contribution in [2.75, 3.05) is 25.1 Å². The second-order valence-electron chi connectivity index (χ2n) is 11.0. The van der Waals surface area contributed by atoms with Crippen molar-refractivity contribution in [1.29, 1.82) is 0 Å². The van der Waals surface area contributed by atoms with Gasteiger partial charge in [-0.05, 0) is 33.1 Å². The molecule has 1 aliphatic carbocycles. The normalized spacial score (nSPS) is 26.0. The summed E-state index contributed by atoms with van der Waals surface area (Å²) in [5.41, 5.74) is 6.88. The Morgan fingerprint density at radius 1 is 1.29 bits per heavy atom. The number of nitrogens with two attached hydrogens (primary N) is 1. The summed E-state index contributed by atoms with van der Waals surface area (Å²) >= 11 is 2.42. The molecule has 0 aromatic carbocycles. The minimum atomic E-state index is -1.74. The highest BCUT2D eigenvalue weighted by atomic mass is 32.2. The number of nitrogens with one attached hydrogen (secondary N) is 1. The lowest BCUT2D eigenvalue weighted by Gasteiger charge is -2.49. The van der Waals surface area contributed by atoms with Crippen LogP contribution in [0.25, 0.3) is 0 Å². The number of hydrogen-bond donors (Lipinski definition) is 4. The summed E-state index contributed by atoms with van der Waals surface area (Å²) in [6, 6.07) is -1.03. The fourth-order valence-electron chi connectivity index (χ4n) is 5.38. The van der Waals surface area contributed by atoms with Crippen molar-refractivity contribution < 1.29 is 38.7 Å². The third kappa shape index (κ3) is 5.24. The molecule has 0 spiro atoms. The number of amides is 2. The van der Waals surface area contributed by atoms with Crippen LogP contribution in [0.15, 0.2) is 45.4 Å². The molecule has 4 heterocycles. The van der Waals surface area contributed by atoms with Crippen LogP contribution in [0.3, 0.4) is 0 Å². The fourth-order valence-corrected chi connectivity index (χ4v) is 7.26. The van der Waals surface area contributed by atoms with E-state index in [4.69, 9.17) is 10.6 Å². The van der Waals surface area contributed by atoms with Gasteiger partial charge in [0.05, 0.1) is 7.05 Å². The van der Waals surface area contributed by atoms with Gasteiger partial charge in [0.15, 0.2) is 10.8 Å². The van der Waals surface area contributed by atoms with Gasteiger partial charge < -0.3 is 26.1 Å². The quantitative estimate of drug-likeness (QED) is 0.141. The number of carboxylic acid groups (broad SMARTS) is 2. The molecule has 41 heavy (non-hydrogen) atoms. The van der Waals surface area contributed by atoms with Crippen LogP contribution in [0.1, 0.15) is 45.2 Å². The van der Waals surface area contributed by atoms with Crippen LogP contribution in [0.4, 0.5) is 5.13 Å². The molecule has 0 bridgehead atoms. The lowest BCUT2D eigenvalue weighted by atomic mass is 9.96. The lowest BCUT2D eigenvalue weighted by Crippen LogP contribution is -2.71. The summed E-state index contributed by atoms with van der Waals surface area (Å²) < 4.78 is 0.498. The van der Waals surface area contributed by atoms with E-state index in [1.807, 2.05) is 0 Å². The number of nitrogen functional groups attached to an aromatic ring is 1. The summed E-state index contributed by atoms with van der Waals surface area (Å²) in [6.07, 6.45) is 8.45. The molecule has 3 atom stereocenters. The molecule has 13 nitrogen and oxygen atoms in total. The number of thioether (sulfide) groups is 1. The number of allylic oxidation sites excluding steroid dienone is 3. The summed E-state index contributed by atoms with van der Waals surface area (Å²) in [4.78, 5) is 60.9. The Hall–Kier alpha value is -3.69. The molecule has 0 saturated carbocycles. The molecule has 4 aliphatic rings. The number of aromatic nitrogens is 1. The van der Waals surface area contributed by atoms with E-state index >= 15 is 0 Å². The number of nitrogens with zero attached hydrogens (tertiary/aromatic N) is 4. The van der Waals surface area contributed by atoms with Gasteiger partial charge >= 0.3 is 11.9 Å². The van der Waals surface area contributed by atoms with E-state index in [9.17, 15) is 29.4 Å². The van der Waals surface area contributed by atoms with Crippen molar-refractivity contribution in [3.8, 4) is 0 Å². The number of rotatable bonds is 9. The van der Waals surface area contributed by atoms with Gasteiger partial charge in [-0.3, -0.25) is 19.0 Å². The van der Waals surface area contributed by atoms with Gasteiger partial charge in [-0.15, -0.1) is 23.1 Å². The number of oxime groups is 1. The van der Waals surface area contributed by atoms with Crippen molar-refractivity contribution in [3.63, 3.8) is 0 Å². The van der Waals surface area contributed by atoms with E-state index in [1.54, 1.807) is 0 Å². The van der Waals surface area contributed by atoms with Crippen molar-refractivity contribution in [1.82, 2.24) is 15.2 Å². The lowest BCUT2D eigenvalue weighted by molar-refractivity contribution is -0.814. The maximum Gasteiger partial charge on any atom is 0.352 e. The molecule has 5 rings (SSSR count). The molecule has 5 N–H and O–H groups in total. The van der Waals surface area contributed by atoms with Gasteiger partial charge in [-0.1, -0.05) is 5.16 Å². The molecular weight excluding hydrogens is 572 g/mol. The summed E-state index contributed by atoms with van der Waals surface area (Å²) in [5.74, 6) is -3.51. The molecule has 2 amide bonds. The monoisotopic (exact) mass is 603 g/mol. The van der Waals surface area contributed by atoms with Gasteiger partial charge in [-0.2, -0.15) is 0 Å². The van der Waals surface area contributed by atoms with Gasteiger partial charge in [0.25, 0.3) is 11.8 Å². The van der Waals surface area contributed by atoms with E-state index in [1.165, 1.54) is 47.2 Å². The predicted molar refractivity (Wildman–Crippen MR) is 151 cm³/mol. The topological polar surface area (TPSA) is 185 Å². The Kier molecular flexibility index (Phi) is 7.46. The number of likely N-dealkylation sites (N-methyl/N-ethyl adjacent to an activating group) is 1. The minimum absolute atomic E-state index is 0.0467. The Bertz CT molecular complexity index is 1460. The van der Waals surface area contributed by atoms with Gasteiger partial charge in [0.2, 0.25) is 5.60 Å². The molecule has 1 aromatic heterocycles. The second kappa shape index (κ2) is 10.6. The Balaban J connectivity index is 1.36. The summed E-state index contributed by atoms with van der Waals surface area (Å²) in [6.45, 7) is 2.97. The zero-order valence-corrected chi connectivity index (χ0v) is 24.4. The SMILES string of the molecule is CC(C)(O/N=C(\C(=O)N[C@@H]1C(=O)N2C(C(=O)O)=C(C[N+]3(C)C=CC4=C3CCCC4)CS[C@H]12)c1csc(N)n1)C(=O)O. The molecule has 1 saturated heterocycles. The molecule has 0 radical (unpaired) electrons. The molecule has 3 aliphatic heterocycles. The zero-order valence-electron chi connectivity index (χ0n) is 22.7. The van der Waals surface area contributed by atoms with Crippen molar-refractivity contribution >= 4 is 57.7 Å². The molecule has 1 unspecified atom stereocenters. The van der Waals surface area contributed by atoms with Crippen molar-refractivity contribution in [3.05, 3.63) is 45.9 Å². The number of β-lactam (4-membered cyclic amide) rings is 1. The molecule has 15 heteroatoms. The number of anilines is 1. The van der Waals surface area contributed by atoms with Crippen LogP contribution in [0.2, 0.25) is 0 Å². The maximum absolute atomic E-state index is 13.3. The van der Waals surface area contributed by atoms with E-state index in [-0.39, 0.29) is 22.2 Å². The van der Waals surface area contributed by atoms with Crippen LogP contribution < -0.4 is 11.1 Å². The average molecular weight is 604 g/mol. The first kappa shape index (κ1) is 28.8. The Morgan fingerprint density at radius 2 is 2.02 bits per heavy atom. The average Bonchev–Trinajstić information content (AvgIpc) is 3.50. The maximum atomic E-state index is 13.3. The second-order valence-corrected chi connectivity index (χ2v) is 13.0. The number of aliphatic carboxylic acids is 2. The standard InChI is InChI=1S/C26H30N6O7S2/c1-26(2,24(37)38)39-30-17(15-12-41-25(27)28-15)20(33)29-18-21(34)31-19(23(35)36)14(11-40-22(18)31)10-32(3)9-8-13-6-4-5-7-16(13)32/h8-9,12,18,22H,4-7,10-11H2,1-3H3,(H4-,27,28,29,33,35,36,37,38)/p+1/b30-17-/t18-,22-,32?/m1/s1. The number of thiazole rings is 1. The van der Waals surface area contributed by atoms with Crippen LogP contribution in [0.5, 0.6) is 0 Å². The Labute approximate surface area is 244 Å². The number of carbonyl (C=O) groups is 4. The highest BCUT2D eigenvalue weighted by Crippen LogP contribution is 2.43. The van der Waals surface area contributed by atoms with E-state index < -0.39 is 40.8 Å². The number of carbonyl (C=O) groups excluding carboxylic acids is 2.